The van der Waals surface area contributed by atoms with E-state index in [0.29, 0.717) is 25.7 Å². The van der Waals surface area contributed by atoms with E-state index in [9.17, 15) is 4.79 Å². The van der Waals surface area contributed by atoms with Gasteiger partial charge in [0.2, 0.25) is 0 Å². The summed E-state index contributed by atoms with van der Waals surface area (Å²) in [6, 6.07) is 0.297. The van der Waals surface area contributed by atoms with Crippen LogP contribution in [0.15, 0.2) is 12.4 Å². The number of nitrogens with zero attached hydrogens (tertiary/aromatic N) is 3. The molecule has 1 saturated heterocycles. The SMILES string of the molecule is Cc1cnc(CNC2CN(C(=O)OC(C)(C)C)C2)cn1. The van der Waals surface area contributed by atoms with Crippen molar-refractivity contribution < 1.29 is 9.53 Å². The predicted molar refractivity (Wildman–Crippen MR) is 75.2 cm³/mol. The molecule has 20 heavy (non-hydrogen) atoms. The van der Waals surface area contributed by atoms with Gasteiger partial charge in [-0.1, -0.05) is 0 Å². The van der Waals surface area contributed by atoms with E-state index in [1.165, 1.54) is 0 Å². The third kappa shape index (κ3) is 4.16. The minimum Gasteiger partial charge on any atom is -0.444 e. The highest BCUT2D eigenvalue weighted by Crippen LogP contribution is 2.15. The van der Waals surface area contributed by atoms with Crippen LogP contribution in [-0.2, 0) is 11.3 Å². The van der Waals surface area contributed by atoms with Gasteiger partial charge in [0.15, 0.2) is 0 Å². The van der Waals surface area contributed by atoms with E-state index in [1.807, 2.05) is 27.7 Å². The molecule has 6 heteroatoms. The molecule has 0 unspecified atom stereocenters. The number of aryl methyl sites for hydroxylation is 1. The molecule has 1 fully saturated rings. The summed E-state index contributed by atoms with van der Waals surface area (Å²) in [6.07, 6.45) is 3.28. The van der Waals surface area contributed by atoms with Crippen molar-refractivity contribution in [3.05, 3.63) is 23.8 Å². The minimum atomic E-state index is -0.437. The number of hydrogen-bond acceptors (Lipinski definition) is 5. The van der Waals surface area contributed by atoms with E-state index in [-0.39, 0.29) is 6.09 Å². The van der Waals surface area contributed by atoms with Crippen LogP contribution in [0.3, 0.4) is 0 Å². The zero-order chi connectivity index (χ0) is 14.8. The fourth-order valence-electron chi connectivity index (χ4n) is 1.84. The molecule has 0 aromatic carbocycles. The van der Waals surface area contributed by atoms with Crippen LogP contribution in [0.5, 0.6) is 0 Å². The number of carbonyl (C=O) groups is 1. The summed E-state index contributed by atoms with van der Waals surface area (Å²) >= 11 is 0. The van der Waals surface area contributed by atoms with Crippen LogP contribution in [0.25, 0.3) is 0 Å². The Hall–Kier alpha value is -1.69. The summed E-state index contributed by atoms with van der Waals surface area (Å²) in [4.78, 5) is 21.9. The maximum absolute atomic E-state index is 11.8. The molecule has 1 N–H and O–H groups in total. The molecule has 1 aromatic rings. The van der Waals surface area contributed by atoms with Crippen LogP contribution < -0.4 is 5.32 Å². The number of ether oxygens (including phenoxy) is 1. The van der Waals surface area contributed by atoms with Gasteiger partial charge in [-0.25, -0.2) is 4.79 Å². The van der Waals surface area contributed by atoms with Crippen molar-refractivity contribution in [2.75, 3.05) is 13.1 Å². The zero-order valence-corrected chi connectivity index (χ0v) is 12.5. The van der Waals surface area contributed by atoms with Crippen LogP contribution in [-0.4, -0.2) is 45.7 Å². The van der Waals surface area contributed by atoms with Crippen LogP contribution in [0.2, 0.25) is 0 Å². The average molecular weight is 278 g/mol. The number of rotatable bonds is 3. The van der Waals surface area contributed by atoms with Gasteiger partial charge >= 0.3 is 6.09 Å². The van der Waals surface area contributed by atoms with E-state index in [2.05, 4.69) is 15.3 Å². The summed E-state index contributed by atoms with van der Waals surface area (Å²) in [5.41, 5.74) is 1.38. The molecule has 0 aliphatic carbocycles. The first kappa shape index (κ1) is 14.7. The Morgan fingerprint density at radius 1 is 1.40 bits per heavy atom. The second-order valence-corrected chi connectivity index (χ2v) is 6.11. The molecule has 2 heterocycles. The summed E-state index contributed by atoms with van der Waals surface area (Å²) < 4.78 is 5.30. The first-order valence-corrected chi connectivity index (χ1v) is 6.82. The first-order chi connectivity index (χ1) is 9.33. The molecule has 110 valence electrons. The molecule has 6 nitrogen and oxygen atoms in total. The van der Waals surface area contributed by atoms with Gasteiger partial charge in [0.05, 0.1) is 11.4 Å². The van der Waals surface area contributed by atoms with Crippen LogP contribution >= 0.6 is 0 Å². The topological polar surface area (TPSA) is 67.4 Å². The summed E-state index contributed by atoms with van der Waals surface area (Å²) in [5, 5.41) is 3.35. The van der Waals surface area contributed by atoms with Crippen LogP contribution in [0.1, 0.15) is 32.2 Å². The van der Waals surface area contributed by atoms with Gasteiger partial charge in [-0.15, -0.1) is 0 Å². The Kier molecular flexibility index (Phi) is 4.23. The molecular weight excluding hydrogens is 256 g/mol. The van der Waals surface area contributed by atoms with Gasteiger partial charge in [0.25, 0.3) is 0 Å². The lowest BCUT2D eigenvalue weighted by atomic mass is 10.1. The first-order valence-electron chi connectivity index (χ1n) is 6.82. The van der Waals surface area contributed by atoms with Crippen molar-refractivity contribution in [3.8, 4) is 0 Å². The fraction of sp³-hybridized carbons (Fsp3) is 0.643. The van der Waals surface area contributed by atoms with Gasteiger partial charge in [-0.2, -0.15) is 0 Å². The van der Waals surface area contributed by atoms with Crippen molar-refractivity contribution in [1.29, 1.82) is 0 Å². The number of aromatic nitrogens is 2. The third-order valence-electron chi connectivity index (χ3n) is 2.94. The lowest BCUT2D eigenvalue weighted by Crippen LogP contribution is -2.60. The number of hydrogen-bond donors (Lipinski definition) is 1. The standard InChI is InChI=1S/C14H22N4O2/c1-10-5-16-11(6-15-10)7-17-12-8-18(9-12)13(19)20-14(2,3)4/h5-6,12,17H,7-9H2,1-4H3. The molecule has 1 aliphatic heterocycles. The summed E-state index contributed by atoms with van der Waals surface area (Å²) in [6.45, 7) is 9.54. The highest BCUT2D eigenvalue weighted by atomic mass is 16.6. The second kappa shape index (κ2) is 5.75. The Morgan fingerprint density at radius 2 is 2.10 bits per heavy atom. The fourth-order valence-corrected chi connectivity index (χ4v) is 1.84. The van der Waals surface area contributed by atoms with E-state index < -0.39 is 5.60 Å². The van der Waals surface area contributed by atoms with Gasteiger partial charge < -0.3 is 15.0 Å². The molecule has 0 atom stereocenters. The normalized spacial score (nSPS) is 15.9. The average Bonchev–Trinajstić information content (AvgIpc) is 2.27. The maximum Gasteiger partial charge on any atom is 0.410 e. The quantitative estimate of drug-likeness (QED) is 0.907. The number of carbonyl (C=O) groups excluding carboxylic acids is 1. The monoisotopic (exact) mass is 278 g/mol. The smallest absolute Gasteiger partial charge is 0.410 e. The van der Waals surface area contributed by atoms with Gasteiger partial charge in [-0.3, -0.25) is 9.97 Å². The maximum atomic E-state index is 11.8. The molecule has 0 radical (unpaired) electrons. The zero-order valence-electron chi connectivity index (χ0n) is 12.5. The van der Waals surface area contributed by atoms with Crippen molar-refractivity contribution in [3.63, 3.8) is 0 Å². The Labute approximate surface area is 119 Å². The van der Waals surface area contributed by atoms with E-state index >= 15 is 0 Å². The van der Waals surface area contributed by atoms with Gasteiger partial charge in [0, 0.05) is 38.1 Å². The molecule has 0 saturated carbocycles. The Bertz CT molecular complexity index is 461. The number of likely N-dealkylation sites (tertiary alicyclic amines) is 1. The van der Waals surface area contributed by atoms with Crippen molar-refractivity contribution in [2.45, 2.75) is 45.9 Å². The molecule has 0 bridgehead atoms. The van der Waals surface area contributed by atoms with Crippen LogP contribution in [0, 0.1) is 6.92 Å². The van der Waals surface area contributed by atoms with E-state index in [1.54, 1.807) is 17.3 Å². The molecule has 1 amide bonds. The second-order valence-electron chi connectivity index (χ2n) is 6.11. The Morgan fingerprint density at radius 3 is 2.65 bits per heavy atom. The number of amides is 1. The number of nitrogens with one attached hydrogen (secondary N) is 1. The summed E-state index contributed by atoms with van der Waals surface area (Å²) in [5.74, 6) is 0. The minimum absolute atomic E-state index is 0.245. The molecule has 2 rings (SSSR count). The Balaban J connectivity index is 1.69. The predicted octanol–water partition coefficient (Wildman–Crippen LogP) is 1.49. The largest absolute Gasteiger partial charge is 0.444 e. The molecule has 1 aliphatic rings. The molecular formula is C14H22N4O2. The van der Waals surface area contributed by atoms with Crippen molar-refractivity contribution in [2.24, 2.45) is 0 Å². The van der Waals surface area contributed by atoms with Crippen molar-refractivity contribution >= 4 is 6.09 Å². The van der Waals surface area contributed by atoms with E-state index in [4.69, 9.17) is 4.74 Å². The summed E-state index contributed by atoms with van der Waals surface area (Å²) in [7, 11) is 0. The highest BCUT2D eigenvalue weighted by molar-refractivity contribution is 5.69. The highest BCUT2D eigenvalue weighted by Gasteiger charge is 2.33. The van der Waals surface area contributed by atoms with Gasteiger partial charge in [-0.05, 0) is 27.7 Å². The van der Waals surface area contributed by atoms with Crippen molar-refractivity contribution in [1.82, 2.24) is 20.2 Å². The molecule has 1 aromatic heterocycles. The van der Waals surface area contributed by atoms with E-state index in [0.717, 1.165) is 11.4 Å². The lowest BCUT2D eigenvalue weighted by molar-refractivity contribution is 0.00516. The lowest BCUT2D eigenvalue weighted by Gasteiger charge is -2.40. The van der Waals surface area contributed by atoms with Gasteiger partial charge in [0.1, 0.15) is 5.60 Å². The molecule has 0 spiro atoms. The van der Waals surface area contributed by atoms with Crippen LogP contribution in [0.4, 0.5) is 4.79 Å². The third-order valence-corrected chi connectivity index (χ3v) is 2.94.